The summed E-state index contributed by atoms with van der Waals surface area (Å²) in [4.78, 5) is 7.44. The van der Waals surface area contributed by atoms with Gasteiger partial charge in [0.25, 0.3) is 10.0 Å². The van der Waals surface area contributed by atoms with Crippen molar-refractivity contribution < 1.29 is 17.9 Å². The zero-order valence-electron chi connectivity index (χ0n) is 15.6. The summed E-state index contributed by atoms with van der Waals surface area (Å²) in [5.74, 6) is 0.968. The maximum Gasteiger partial charge on any atom is 0.263 e. The highest BCUT2D eigenvalue weighted by molar-refractivity contribution is 7.93. The molecule has 2 aromatic heterocycles. The summed E-state index contributed by atoms with van der Waals surface area (Å²) in [6.07, 6.45) is 0. The van der Waals surface area contributed by atoms with Crippen LogP contribution in [0.2, 0.25) is 0 Å². The second-order valence-corrected chi connectivity index (χ2v) is 9.97. The number of thiophene rings is 1. The van der Waals surface area contributed by atoms with Gasteiger partial charge < -0.3 is 9.47 Å². The molecule has 0 aliphatic heterocycles. The molecule has 6 nitrogen and oxygen atoms in total. The normalized spacial score (nSPS) is 11.4. The SMILES string of the molecule is COc1ccc(NS(=O)(=O)c2cc(-c3nc(C)c(C)s3)sc2C)c(OC)c1. The van der Waals surface area contributed by atoms with Crippen LogP contribution in [0.3, 0.4) is 0 Å². The first kappa shape index (κ1) is 19.7. The number of aromatic nitrogens is 1. The topological polar surface area (TPSA) is 77.5 Å². The zero-order valence-corrected chi connectivity index (χ0v) is 18.1. The number of aryl methyl sites for hydroxylation is 3. The molecule has 2 heterocycles. The van der Waals surface area contributed by atoms with Gasteiger partial charge in [-0.25, -0.2) is 13.4 Å². The lowest BCUT2D eigenvalue weighted by Gasteiger charge is -2.12. The molecule has 3 rings (SSSR count). The average molecular weight is 425 g/mol. The van der Waals surface area contributed by atoms with E-state index in [4.69, 9.17) is 9.47 Å². The highest BCUT2D eigenvalue weighted by atomic mass is 32.2. The molecule has 0 atom stereocenters. The van der Waals surface area contributed by atoms with Crippen LogP contribution in [0, 0.1) is 20.8 Å². The second-order valence-electron chi connectivity index (χ2n) is 5.86. The molecule has 3 aromatic rings. The number of hydrogen-bond donors (Lipinski definition) is 1. The van der Waals surface area contributed by atoms with E-state index in [1.807, 2.05) is 13.8 Å². The lowest BCUT2D eigenvalue weighted by atomic mass is 10.3. The number of methoxy groups -OCH3 is 2. The zero-order chi connectivity index (χ0) is 19.8. The monoisotopic (exact) mass is 424 g/mol. The molecule has 0 bridgehead atoms. The number of nitrogens with zero attached hydrogens (tertiary/aromatic N) is 1. The number of ether oxygens (including phenoxy) is 2. The Labute approximate surface area is 166 Å². The first-order valence-corrected chi connectivity index (χ1v) is 11.2. The van der Waals surface area contributed by atoms with E-state index < -0.39 is 10.0 Å². The van der Waals surface area contributed by atoms with Gasteiger partial charge >= 0.3 is 0 Å². The Bertz CT molecular complexity index is 1060. The van der Waals surface area contributed by atoms with Crippen LogP contribution in [0.1, 0.15) is 15.4 Å². The van der Waals surface area contributed by atoms with Gasteiger partial charge in [0, 0.05) is 15.8 Å². The smallest absolute Gasteiger partial charge is 0.263 e. The predicted molar refractivity (Wildman–Crippen MR) is 110 cm³/mol. The van der Waals surface area contributed by atoms with Crippen LogP contribution in [0.5, 0.6) is 11.5 Å². The van der Waals surface area contributed by atoms with Crippen LogP contribution >= 0.6 is 22.7 Å². The third kappa shape index (κ3) is 3.95. The van der Waals surface area contributed by atoms with Crippen molar-refractivity contribution in [2.75, 3.05) is 18.9 Å². The standard InChI is InChI=1S/C18H20N2O4S3/c1-10-11(2)26-18(19-10)16-9-17(12(3)25-16)27(21,22)20-14-7-6-13(23-4)8-15(14)24-5/h6-9,20H,1-5H3. The fourth-order valence-electron chi connectivity index (χ4n) is 2.50. The molecular weight excluding hydrogens is 404 g/mol. The predicted octanol–water partition coefficient (Wildman–Crippen LogP) is 4.61. The lowest BCUT2D eigenvalue weighted by Crippen LogP contribution is -2.13. The Hall–Kier alpha value is -2.10. The molecule has 0 aliphatic carbocycles. The van der Waals surface area contributed by atoms with Crippen molar-refractivity contribution in [1.82, 2.24) is 4.98 Å². The van der Waals surface area contributed by atoms with E-state index in [-0.39, 0.29) is 4.90 Å². The van der Waals surface area contributed by atoms with Crippen molar-refractivity contribution >= 4 is 38.4 Å². The molecule has 0 spiro atoms. The van der Waals surface area contributed by atoms with Crippen LogP contribution < -0.4 is 14.2 Å². The van der Waals surface area contributed by atoms with E-state index in [1.165, 1.54) is 25.6 Å². The summed E-state index contributed by atoms with van der Waals surface area (Å²) in [5.41, 5.74) is 1.32. The van der Waals surface area contributed by atoms with Crippen molar-refractivity contribution in [3.8, 4) is 21.4 Å². The first-order chi connectivity index (χ1) is 12.7. The molecule has 0 radical (unpaired) electrons. The Morgan fingerprint density at radius 3 is 2.33 bits per heavy atom. The Morgan fingerprint density at radius 2 is 1.74 bits per heavy atom. The number of sulfonamides is 1. The van der Waals surface area contributed by atoms with E-state index in [9.17, 15) is 8.42 Å². The molecule has 27 heavy (non-hydrogen) atoms. The second kappa shape index (κ2) is 7.49. The quantitative estimate of drug-likeness (QED) is 0.625. The van der Waals surface area contributed by atoms with Crippen LogP contribution in [-0.4, -0.2) is 27.6 Å². The summed E-state index contributed by atoms with van der Waals surface area (Å²) < 4.78 is 38.9. The molecule has 9 heteroatoms. The molecule has 0 saturated carbocycles. The highest BCUT2D eigenvalue weighted by Gasteiger charge is 2.23. The minimum Gasteiger partial charge on any atom is -0.497 e. The van der Waals surface area contributed by atoms with Crippen LogP contribution in [0.25, 0.3) is 9.88 Å². The summed E-state index contributed by atoms with van der Waals surface area (Å²) in [6.45, 7) is 5.75. The van der Waals surface area contributed by atoms with Gasteiger partial charge in [-0.05, 0) is 39.0 Å². The number of anilines is 1. The van der Waals surface area contributed by atoms with Gasteiger partial charge in [0.1, 0.15) is 21.4 Å². The van der Waals surface area contributed by atoms with Gasteiger partial charge in [0.15, 0.2) is 0 Å². The number of rotatable bonds is 6. The molecular formula is C18H20N2O4S3. The largest absolute Gasteiger partial charge is 0.497 e. The fourth-order valence-corrected chi connectivity index (χ4v) is 6.12. The summed E-state index contributed by atoms with van der Waals surface area (Å²) in [7, 11) is -0.752. The minimum atomic E-state index is -3.77. The first-order valence-electron chi connectivity index (χ1n) is 8.05. The fraction of sp³-hybridized carbons (Fsp3) is 0.278. The Kier molecular flexibility index (Phi) is 5.45. The molecule has 0 saturated heterocycles. The van der Waals surface area contributed by atoms with Crippen molar-refractivity contribution in [1.29, 1.82) is 0 Å². The molecule has 0 unspecified atom stereocenters. The van der Waals surface area contributed by atoms with E-state index >= 15 is 0 Å². The van der Waals surface area contributed by atoms with E-state index in [1.54, 1.807) is 42.5 Å². The van der Waals surface area contributed by atoms with Crippen molar-refractivity contribution in [2.45, 2.75) is 25.7 Å². The van der Waals surface area contributed by atoms with Crippen LogP contribution in [0.4, 0.5) is 5.69 Å². The summed E-state index contributed by atoms with van der Waals surface area (Å²) in [6, 6.07) is 6.60. The Balaban J connectivity index is 1.96. The third-order valence-corrected chi connectivity index (χ3v) is 7.97. The Morgan fingerprint density at radius 1 is 1.00 bits per heavy atom. The van der Waals surface area contributed by atoms with Gasteiger partial charge in [-0.15, -0.1) is 22.7 Å². The molecule has 0 amide bonds. The lowest BCUT2D eigenvalue weighted by molar-refractivity contribution is 0.395. The van der Waals surface area contributed by atoms with Crippen molar-refractivity contribution in [2.24, 2.45) is 0 Å². The molecule has 0 aliphatic rings. The minimum absolute atomic E-state index is 0.242. The molecule has 0 fully saturated rings. The summed E-state index contributed by atoms with van der Waals surface area (Å²) in [5, 5.41) is 0.835. The number of nitrogens with one attached hydrogen (secondary N) is 1. The average Bonchev–Trinajstić information content (AvgIpc) is 3.18. The molecule has 1 aromatic carbocycles. The van der Waals surface area contributed by atoms with Crippen molar-refractivity contribution in [3.05, 3.63) is 39.7 Å². The molecule has 144 valence electrons. The van der Waals surface area contributed by atoms with Crippen LogP contribution in [-0.2, 0) is 10.0 Å². The van der Waals surface area contributed by atoms with Crippen LogP contribution in [0.15, 0.2) is 29.2 Å². The van der Waals surface area contributed by atoms with Gasteiger partial charge in [-0.2, -0.15) is 0 Å². The number of benzene rings is 1. The summed E-state index contributed by atoms with van der Waals surface area (Å²) >= 11 is 2.98. The van der Waals surface area contributed by atoms with Gasteiger partial charge in [-0.1, -0.05) is 0 Å². The van der Waals surface area contributed by atoms with E-state index in [2.05, 4.69) is 9.71 Å². The number of hydrogen-bond acceptors (Lipinski definition) is 7. The van der Waals surface area contributed by atoms with Gasteiger partial charge in [0.05, 0.1) is 30.5 Å². The highest BCUT2D eigenvalue weighted by Crippen LogP contribution is 2.38. The third-order valence-electron chi connectivity index (χ3n) is 4.05. The molecule has 1 N–H and O–H groups in total. The van der Waals surface area contributed by atoms with Crippen molar-refractivity contribution in [3.63, 3.8) is 0 Å². The van der Waals surface area contributed by atoms with Gasteiger partial charge in [0.2, 0.25) is 0 Å². The maximum absolute atomic E-state index is 13.0. The number of thiazole rings is 1. The van der Waals surface area contributed by atoms with E-state index in [0.717, 1.165) is 20.5 Å². The van der Waals surface area contributed by atoms with Gasteiger partial charge in [-0.3, -0.25) is 4.72 Å². The van der Waals surface area contributed by atoms with E-state index in [0.29, 0.717) is 22.1 Å². The maximum atomic E-state index is 13.0.